The summed E-state index contributed by atoms with van der Waals surface area (Å²) in [7, 11) is 0. The van der Waals surface area contributed by atoms with Crippen molar-refractivity contribution in [3.8, 4) is 0 Å². The summed E-state index contributed by atoms with van der Waals surface area (Å²) in [6.07, 6.45) is 0. The SMILES string of the molecule is CCNC(CO)(CSc1ccccc1F)c1ccccc1. The van der Waals surface area contributed by atoms with Crippen LogP contribution in [0.25, 0.3) is 0 Å². The van der Waals surface area contributed by atoms with Crippen LogP contribution in [-0.4, -0.2) is 24.0 Å². The molecule has 0 fully saturated rings. The first-order valence-corrected chi connectivity index (χ1v) is 7.99. The molecule has 1 unspecified atom stereocenters. The zero-order valence-electron chi connectivity index (χ0n) is 12.1. The molecule has 2 aromatic rings. The van der Waals surface area contributed by atoms with Crippen LogP contribution in [-0.2, 0) is 5.54 Å². The molecule has 2 N–H and O–H groups in total. The molecule has 2 aromatic carbocycles. The Labute approximate surface area is 129 Å². The van der Waals surface area contributed by atoms with Crippen LogP contribution in [0.2, 0.25) is 0 Å². The third-order valence-electron chi connectivity index (χ3n) is 3.42. The fraction of sp³-hybridized carbons (Fsp3) is 0.294. The lowest BCUT2D eigenvalue weighted by Crippen LogP contribution is -2.47. The van der Waals surface area contributed by atoms with Gasteiger partial charge in [-0.25, -0.2) is 4.39 Å². The van der Waals surface area contributed by atoms with Crippen LogP contribution in [0.5, 0.6) is 0 Å². The average Bonchev–Trinajstić information content (AvgIpc) is 2.54. The van der Waals surface area contributed by atoms with E-state index in [1.54, 1.807) is 12.1 Å². The van der Waals surface area contributed by atoms with Crippen LogP contribution >= 0.6 is 11.8 Å². The first-order chi connectivity index (χ1) is 10.2. The molecule has 0 spiro atoms. The molecule has 0 heterocycles. The lowest BCUT2D eigenvalue weighted by atomic mass is 9.92. The Morgan fingerprint density at radius 1 is 1.10 bits per heavy atom. The van der Waals surface area contributed by atoms with Gasteiger partial charge in [-0.3, -0.25) is 0 Å². The highest BCUT2D eigenvalue weighted by molar-refractivity contribution is 7.99. The summed E-state index contributed by atoms with van der Waals surface area (Å²) < 4.78 is 13.8. The smallest absolute Gasteiger partial charge is 0.136 e. The Morgan fingerprint density at radius 3 is 2.38 bits per heavy atom. The summed E-state index contributed by atoms with van der Waals surface area (Å²) in [5, 5.41) is 13.3. The molecule has 0 aliphatic carbocycles. The third kappa shape index (κ3) is 3.84. The molecular formula is C17H20FNOS. The van der Waals surface area contributed by atoms with Gasteiger partial charge in [-0.05, 0) is 24.2 Å². The largest absolute Gasteiger partial charge is 0.394 e. The molecule has 0 saturated carbocycles. The molecule has 112 valence electrons. The molecule has 4 heteroatoms. The van der Waals surface area contributed by atoms with Gasteiger partial charge in [-0.15, -0.1) is 11.8 Å². The van der Waals surface area contributed by atoms with Crippen LogP contribution in [0.15, 0.2) is 59.5 Å². The molecule has 0 bridgehead atoms. The molecular weight excluding hydrogens is 285 g/mol. The van der Waals surface area contributed by atoms with Crippen LogP contribution in [0.1, 0.15) is 12.5 Å². The lowest BCUT2D eigenvalue weighted by molar-refractivity contribution is 0.181. The van der Waals surface area contributed by atoms with Crippen molar-refractivity contribution in [3.63, 3.8) is 0 Å². The summed E-state index contributed by atoms with van der Waals surface area (Å²) in [6.45, 7) is 2.70. The number of aliphatic hydroxyl groups excluding tert-OH is 1. The second-order valence-electron chi connectivity index (χ2n) is 4.86. The quantitative estimate of drug-likeness (QED) is 0.769. The number of nitrogens with one attached hydrogen (secondary N) is 1. The van der Waals surface area contributed by atoms with Gasteiger partial charge in [0.15, 0.2) is 0 Å². The predicted molar refractivity (Wildman–Crippen MR) is 86.0 cm³/mol. The molecule has 0 amide bonds. The molecule has 0 radical (unpaired) electrons. The van der Waals surface area contributed by atoms with E-state index in [0.717, 1.165) is 12.1 Å². The number of rotatable bonds is 7. The van der Waals surface area contributed by atoms with Gasteiger partial charge in [0.1, 0.15) is 5.82 Å². The van der Waals surface area contributed by atoms with Gasteiger partial charge in [0.2, 0.25) is 0 Å². The maximum absolute atomic E-state index is 13.8. The Hall–Kier alpha value is -1.36. The topological polar surface area (TPSA) is 32.3 Å². The van der Waals surface area contributed by atoms with E-state index < -0.39 is 5.54 Å². The molecule has 21 heavy (non-hydrogen) atoms. The first-order valence-electron chi connectivity index (χ1n) is 7.00. The number of halogens is 1. The number of hydrogen-bond acceptors (Lipinski definition) is 3. The van der Waals surface area contributed by atoms with Crippen molar-refractivity contribution in [2.45, 2.75) is 17.4 Å². The van der Waals surface area contributed by atoms with E-state index in [0.29, 0.717) is 10.6 Å². The molecule has 0 aliphatic rings. The summed E-state index contributed by atoms with van der Waals surface area (Å²) in [5.74, 6) is 0.335. The van der Waals surface area contributed by atoms with E-state index in [9.17, 15) is 9.50 Å². The lowest BCUT2D eigenvalue weighted by Gasteiger charge is -2.33. The van der Waals surface area contributed by atoms with Crippen LogP contribution < -0.4 is 5.32 Å². The van der Waals surface area contributed by atoms with Crippen molar-refractivity contribution in [3.05, 3.63) is 66.0 Å². The van der Waals surface area contributed by atoms with Gasteiger partial charge < -0.3 is 10.4 Å². The third-order valence-corrected chi connectivity index (χ3v) is 4.70. The predicted octanol–water partition coefficient (Wildman–Crippen LogP) is 3.42. The Morgan fingerprint density at radius 2 is 1.76 bits per heavy atom. The van der Waals surface area contributed by atoms with Crippen molar-refractivity contribution < 1.29 is 9.50 Å². The van der Waals surface area contributed by atoms with E-state index in [1.807, 2.05) is 43.3 Å². The summed E-state index contributed by atoms with van der Waals surface area (Å²) in [4.78, 5) is 0.601. The van der Waals surface area contributed by atoms with Crippen molar-refractivity contribution in [2.24, 2.45) is 0 Å². The number of benzene rings is 2. The molecule has 0 aromatic heterocycles. The highest BCUT2D eigenvalue weighted by Gasteiger charge is 2.30. The maximum Gasteiger partial charge on any atom is 0.136 e. The highest BCUT2D eigenvalue weighted by Crippen LogP contribution is 2.30. The van der Waals surface area contributed by atoms with Gasteiger partial charge in [-0.1, -0.05) is 49.4 Å². The van der Waals surface area contributed by atoms with Gasteiger partial charge in [0.25, 0.3) is 0 Å². The van der Waals surface area contributed by atoms with E-state index in [1.165, 1.54) is 17.8 Å². The van der Waals surface area contributed by atoms with E-state index in [2.05, 4.69) is 5.32 Å². The van der Waals surface area contributed by atoms with E-state index in [-0.39, 0.29) is 12.4 Å². The standard InChI is InChI=1S/C17H20FNOS/c1-2-19-17(12-20,14-8-4-3-5-9-14)13-21-16-11-7-6-10-15(16)18/h3-11,19-20H,2,12-13H2,1H3. The molecule has 0 aliphatic heterocycles. The van der Waals surface area contributed by atoms with Gasteiger partial charge in [0.05, 0.1) is 12.1 Å². The Bertz CT molecular complexity index is 564. The van der Waals surface area contributed by atoms with Gasteiger partial charge in [0, 0.05) is 10.6 Å². The van der Waals surface area contributed by atoms with Gasteiger partial charge in [-0.2, -0.15) is 0 Å². The minimum Gasteiger partial charge on any atom is -0.394 e. The van der Waals surface area contributed by atoms with Crippen LogP contribution in [0.3, 0.4) is 0 Å². The minimum absolute atomic E-state index is 0.0354. The summed E-state index contributed by atoms with van der Waals surface area (Å²) in [6, 6.07) is 16.5. The van der Waals surface area contributed by atoms with E-state index >= 15 is 0 Å². The molecule has 0 saturated heterocycles. The highest BCUT2D eigenvalue weighted by atomic mass is 32.2. The Balaban J connectivity index is 2.23. The summed E-state index contributed by atoms with van der Waals surface area (Å²) >= 11 is 1.42. The normalized spacial score (nSPS) is 13.9. The second-order valence-corrected chi connectivity index (χ2v) is 5.87. The molecule has 2 nitrogen and oxygen atoms in total. The van der Waals surface area contributed by atoms with Gasteiger partial charge >= 0.3 is 0 Å². The van der Waals surface area contributed by atoms with Crippen LogP contribution in [0.4, 0.5) is 4.39 Å². The maximum atomic E-state index is 13.8. The zero-order valence-corrected chi connectivity index (χ0v) is 12.9. The van der Waals surface area contributed by atoms with Crippen molar-refractivity contribution in [1.82, 2.24) is 5.32 Å². The monoisotopic (exact) mass is 305 g/mol. The van der Waals surface area contributed by atoms with Crippen molar-refractivity contribution in [2.75, 3.05) is 18.9 Å². The first kappa shape index (κ1) is 16.0. The fourth-order valence-corrected chi connectivity index (χ4v) is 3.43. The summed E-state index contributed by atoms with van der Waals surface area (Å²) in [5.41, 5.74) is 0.446. The number of thioether (sulfide) groups is 1. The molecule has 1 atom stereocenters. The Kier molecular flexibility index (Phi) is 5.79. The van der Waals surface area contributed by atoms with E-state index in [4.69, 9.17) is 0 Å². The number of hydrogen-bond donors (Lipinski definition) is 2. The number of likely N-dealkylation sites (N-methyl/N-ethyl adjacent to an activating group) is 1. The fourth-order valence-electron chi connectivity index (χ4n) is 2.29. The van der Waals surface area contributed by atoms with Crippen molar-refractivity contribution >= 4 is 11.8 Å². The number of aliphatic hydroxyl groups is 1. The minimum atomic E-state index is -0.567. The molecule has 2 rings (SSSR count). The van der Waals surface area contributed by atoms with Crippen LogP contribution in [0, 0.1) is 5.82 Å². The average molecular weight is 305 g/mol. The zero-order chi connectivity index (χ0) is 15.1. The second kappa shape index (κ2) is 7.59. The van der Waals surface area contributed by atoms with Crippen molar-refractivity contribution in [1.29, 1.82) is 0 Å².